The largest absolute Gasteiger partial charge is 0.341 e. The third kappa shape index (κ3) is 2.83. The molecule has 1 aliphatic rings. The third-order valence-corrected chi connectivity index (χ3v) is 5.44. The van der Waals surface area contributed by atoms with Gasteiger partial charge in [-0.25, -0.2) is 4.98 Å². The van der Waals surface area contributed by atoms with Crippen LogP contribution in [0.25, 0.3) is 10.2 Å². The van der Waals surface area contributed by atoms with Crippen LogP contribution in [0, 0.1) is 0 Å². The third-order valence-electron chi connectivity index (χ3n) is 3.70. The Hall–Kier alpha value is -1.07. The maximum absolute atomic E-state index is 12.0. The zero-order valence-corrected chi connectivity index (χ0v) is 13.2. The molecular formula is C15H18N2OS2. The van der Waals surface area contributed by atoms with Gasteiger partial charge in [0.15, 0.2) is 0 Å². The molecule has 0 saturated carbocycles. The number of fused-ring (bicyclic) bond motifs is 1. The minimum absolute atomic E-state index is 0.267. The number of carbonyl (C=O) groups is 1. The smallest absolute Gasteiger partial charge is 0.232 e. The topological polar surface area (TPSA) is 33.2 Å². The molecule has 1 aromatic carbocycles. The zero-order chi connectivity index (χ0) is 13.9. The molecule has 2 aromatic rings. The fourth-order valence-corrected chi connectivity index (χ4v) is 4.21. The lowest BCUT2D eigenvalue weighted by Crippen LogP contribution is -2.40. The summed E-state index contributed by atoms with van der Waals surface area (Å²) in [5.74, 6) is 1.27. The molecule has 0 N–H and O–H groups in total. The number of hydrogen-bond donors (Lipinski definition) is 0. The monoisotopic (exact) mass is 306 g/mol. The predicted octanol–water partition coefficient (Wildman–Crippen LogP) is 3.37. The number of nitrogens with zero attached hydrogens (tertiary/aromatic N) is 2. The number of piperidine rings is 1. The molecule has 3 rings (SSSR count). The molecule has 1 aromatic heterocycles. The van der Waals surface area contributed by atoms with Crippen molar-refractivity contribution in [3.8, 4) is 0 Å². The molecule has 3 nitrogen and oxygen atoms in total. The van der Waals surface area contributed by atoms with Crippen molar-refractivity contribution in [3.63, 3.8) is 0 Å². The molecule has 0 unspecified atom stereocenters. The van der Waals surface area contributed by atoms with Crippen molar-refractivity contribution >= 4 is 39.2 Å². The van der Waals surface area contributed by atoms with Crippen LogP contribution < -0.4 is 0 Å². The maximum Gasteiger partial charge on any atom is 0.232 e. The molecule has 0 radical (unpaired) electrons. The molecule has 1 saturated heterocycles. The van der Waals surface area contributed by atoms with Crippen LogP contribution in [-0.2, 0) is 4.79 Å². The molecule has 5 heteroatoms. The lowest BCUT2D eigenvalue weighted by atomic mass is 9.99. The van der Waals surface area contributed by atoms with E-state index in [0.29, 0.717) is 11.7 Å². The van der Waals surface area contributed by atoms with Crippen LogP contribution >= 0.6 is 23.1 Å². The molecule has 0 spiro atoms. The molecule has 1 atom stereocenters. The van der Waals surface area contributed by atoms with E-state index in [1.54, 1.807) is 23.1 Å². The van der Waals surface area contributed by atoms with E-state index in [9.17, 15) is 4.79 Å². The zero-order valence-electron chi connectivity index (χ0n) is 11.5. The van der Waals surface area contributed by atoms with E-state index in [4.69, 9.17) is 4.98 Å². The Labute approximate surface area is 127 Å². The highest BCUT2D eigenvalue weighted by atomic mass is 32.2. The van der Waals surface area contributed by atoms with Gasteiger partial charge in [-0.3, -0.25) is 4.79 Å². The number of thioether (sulfide) groups is 1. The van der Waals surface area contributed by atoms with Crippen molar-refractivity contribution in [2.24, 2.45) is 0 Å². The van der Waals surface area contributed by atoms with Gasteiger partial charge in [0.2, 0.25) is 5.91 Å². The Kier molecular flexibility index (Phi) is 4.27. The van der Waals surface area contributed by atoms with Crippen LogP contribution in [0.3, 0.4) is 0 Å². The van der Waals surface area contributed by atoms with Crippen LogP contribution in [-0.4, -0.2) is 40.9 Å². The fourth-order valence-electron chi connectivity index (χ4n) is 2.68. The number of rotatable bonds is 3. The van der Waals surface area contributed by atoms with Crippen LogP contribution in [0.4, 0.5) is 0 Å². The van der Waals surface area contributed by atoms with Gasteiger partial charge in [-0.1, -0.05) is 12.1 Å². The summed E-state index contributed by atoms with van der Waals surface area (Å²) in [4.78, 5) is 18.8. The predicted molar refractivity (Wildman–Crippen MR) is 86.6 cm³/mol. The molecule has 0 aliphatic carbocycles. The molecule has 1 amide bonds. The lowest BCUT2D eigenvalue weighted by molar-refractivity contribution is -0.129. The molecular weight excluding hydrogens is 288 g/mol. The van der Waals surface area contributed by atoms with Gasteiger partial charge in [-0.2, -0.15) is 11.8 Å². The van der Waals surface area contributed by atoms with E-state index in [0.717, 1.165) is 31.4 Å². The average molecular weight is 306 g/mol. The van der Waals surface area contributed by atoms with E-state index < -0.39 is 0 Å². The summed E-state index contributed by atoms with van der Waals surface area (Å²) in [5.41, 5.74) is 1.08. The van der Waals surface area contributed by atoms with Crippen molar-refractivity contribution in [1.82, 2.24) is 9.88 Å². The Bertz CT molecular complexity index is 578. The van der Waals surface area contributed by atoms with Gasteiger partial charge in [0, 0.05) is 19.0 Å². The normalized spacial score (nSPS) is 19.4. The highest BCUT2D eigenvalue weighted by Crippen LogP contribution is 2.33. The van der Waals surface area contributed by atoms with E-state index in [2.05, 4.69) is 18.2 Å². The van der Waals surface area contributed by atoms with Gasteiger partial charge >= 0.3 is 0 Å². The summed E-state index contributed by atoms with van der Waals surface area (Å²) in [6.45, 7) is 1.74. The van der Waals surface area contributed by atoms with E-state index in [1.807, 2.05) is 17.2 Å². The molecule has 1 fully saturated rings. The Morgan fingerprint density at radius 1 is 1.50 bits per heavy atom. The van der Waals surface area contributed by atoms with Gasteiger partial charge in [-0.15, -0.1) is 11.3 Å². The second kappa shape index (κ2) is 6.14. The second-order valence-electron chi connectivity index (χ2n) is 5.13. The summed E-state index contributed by atoms with van der Waals surface area (Å²) in [7, 11) is 0. The van der Waals surface area contributed by atoms with Crippen molar-refractivity contribution < 1.29 is 4.79 Å². The fraction of sp³-hybridized carbons (Fsp3) is 0.467. The number of aromatic nitrogens is 1. The molecule has 0 bridgehead atoms. The van der Waals surface area contributed by atoms with Gasteiger partial charge in [0.1, 0.15) is 0 Å². The van der Waals surface area contributed by atoms with Crippen molar-refractivity contribution in [2.75, 3.05) is 25.1 Å². The van der Waals surface area contributed by atoms with Gasteiger partial charge in [0.25, 0.3) is 0 Å². The van der Waals surface area contributed by atoms with Crippen molar-refractivity contribution in [1.29, 1.82) is 0 Å². The molecule has 20 heavy (non-hydrogen) atoms. The van der Waals surface area contributed by atoms with E-state index in [1.165, 1.54) is 9.71 Å². The summed E-state index contributed by atoms with van der Waals surface area (Å²) in [6.07, 6.45) is 4.20. The van der Waals surface area contributed by atoms with Gasteiger partial charge in [-0.05, 0) is 31.2 Å². The number of amides is 1. The van der Waals surface area contributed by atoms with E-state index in [-0.39, 0.29) is 5.91 Å². The average Bonchev–Trinajstić information content (AvgIpc) is 2.91. The lowest BCUT2D eigenvalue weighted by Gasteiger charge is -2.31. The highest BCUT2D eigenvalue weighted by molar-refractivity contribution is 7.99. The number of benzene rings is 1. The first-order valence-electron chi connectivity index (χ1n) is 6.90. The maximum atomic E-state index is 12.0. The van der Waals surface area contributed by atoms with Gasteiger partial charge < -0.3 is 4.90 Å². The quantitative estimate of drug-likeness (QED) is 0.872. The molecule has 106 valence electrons. The van der Waals surface area contributed by atoms with Crippen LogP contribution in [0.15, 0.2) is 24.3 Å². The number of likely N-dealkylation sites (tertiary alicyclic amines) is 1. The molecule has 2 heterocycles. The summed E-state index contributed by atoms with van der Waals surface area (Å²) in [6, 6.07) is 8.27. The molecule has 1 aliphatic heterocycles. The standard InChI is InChI=1S/C15H18N2OS2/c1-19-10-14(18)17-8-4-5-11(9-17)15-16-12-6-2-3-7-13(12)20-15/h2-3,6-7,11H,4-5,8-10H2,1H3/t11-/m0/s1. The second-order valence-corrected chi connectivity index (χ2v) is 7.06. The number of para-hydroxylation sites is 1. The first kappa shape index (κ1) is 13.9. The number of carbonyl (C=O) groups excluding carboxylic acids is 1. The summed E-state index contributed by atoms with van der Waals surface area (Å²) >= 11 is 3.38. The minimum Gasteiger partial charge on any atom is -0.341 e. The summed E-state index contributed by atoms with van der Waals surface area (Å²) < 4.78 is 1.25. The Morgan fingerprint density at radius 3 is 3.15 bits per heavy atom. The van der Waals surface area contributed by atoms with Crippen LogP contribution in [0.1, 0.15) is 23.8 Å². The first-order valence-corrected chi connectivity index (χ1v) is 9.11. The number of thiazole rings is 1. The van der Waals surface area contributed by atoms with Crippen molar-refractivity contribution in [2.45, 2.75) is 18.8 Å². The summed E-state index contributed by atoms with van der Waals surface area (Å²) in [5, 5.41) is 1.19. The Morgan fingerprint density at radius 2 is 2.35 bits per heavy atom. The van der Waals surface area contributed by atoms with Gasteiger partial charge in [0.05, 0.1) is 21.0 Å². The SMILES string of the molecule is CSCC(=O)N1CCC[C@H](c2nc3ccccc3s2)C1. The first-order chi connectivity index (χ1) is 9.78. The van der Waals surface area contributed by atoms with E-state index >= 15 is 0 Å². The minimum atomic E-state index is 0.267. The number of hydrogen-bond acceptors (Lipinski definition) is 4. The van der Waals surface area contributed by atoms with Crippen LogP contribution in [0.5, 0.6) is 0 Å². The van der Waals surface area contributed by atoms with Crippen LogP contribution in [0.2, 0.25) is 0 Å². The highest BCUT2D eigenvalue weighted by Gasteiger charge is 2.26. The Balaban J connectivity index is 1.77. The van der Waals surface area contributed by atoms with Crippen molar-refractivity contribution in [3.05, 3.63) is 29.3 Å².